The molecule has 0 saturated carbocycles. The molecule has 0 radical (unpaired) electrons. The fourth-order valence-corrected chi connectivity index (χ4v) is 1.63. The van der Waals surface area contributed by atoms with Crippen molar-refractivity contribution in [2.24, 2.45) is 5.73 Å². The number of aromatic nitrogens is 3. The van der Waals surface area contributed by atoms with Crippen molar-refractivity contribution in [3.8, 4) is 6.01 Å². The molecular formula is C8H10N4O3S. The quantitative estimate of drug-likeness (QED) is 0.794. The van der Waals surface area contributed by atoms with Crippen LogP contribution in [0.5, 0.6) is 0 Å². The van der Waals surface area contributed by atoms with Crippen LogP contribution in [0.1, 0.15) is 5.69 Å². The highest BCUT2D eigenvalue weighted by Gasteiger charge is 2.13. The third-order valence-corrected chi connectivity index (χ3v) is 3.00. The SMILES string of the molecule is CS(=O)(=O)c1cnn(-c2nc(CN)co2)c1. The highest BCUT2D eigenvalue weighted by molar-refractivity contribution is 7.90. The predicted molar refractivity (Wildman–Crippen MR) is 54.6 cm³/mol. The summed E-state index contributed by atoms with van der Waals surface area (Å²) in [5.74, 6) is 0. The van der Waals surface area contributed by atoms with Crippen LogP contribution in [0.3, 0.4) is 0 Å². The van der Waals surface area contributed by atoms with Crippen molar-refractivity contribution in [1.82, 2.24) is 14.8 Å². The van der Waals surface area contributed by atoms with Crippen molar-refractivity contribution in [3.63, 3.8) is 0 Å². The molecule has 7 nitrogen and oxygen atoms in total. The lowest BCUT2D eigenvalue weighted by atomic mass is 10.5. The maximum atomic E-state index is 11.2. The molecule has 0 aliphatic heterocycles. The molecule has 2 N–H and O–H groups in total. The lowest BCUT2D eigenvalue weighted by Gasteiger charge is -1.91. The third-order valence-electron chi connectivity index (χ3n) is 1.93. The molecule has 0 bridgehead atoms. The Morgan fingerprint density at radius 3 is 2.81 bits per heavy atom. The first-order valence-electron chi connectivity index (χ1n) is 4.40. The van der Waals surface area contributed by atoms with E-state index in [-0.39, 0.29) is 17.5 Å². The van der Waals surface area contributed by atoms with Gasteiger partial charge in [0, 0.05) is 12.8 Å². The topological polar surface area (TPSA) is 104 Å². The molecule has 8 heteroatoms. The number of sulfone groups is 1. The second-order valence-electron chi connectivity index (χ2n) is 3.22. The summed E-state index contributed by atoms with van der Waals surface area (Å²) in [4.78, 5) is 4.12. The summed E-state index contributed by atoms with van der Waals surface area (Å²) in [5, 5.41) is 3.84. The van der Waals surface area contributed by atoms with Crippen molar-refractivity contribution in [3.05, 3.63) is 24.4 Å². The van der Waals surface area contributed by atoms with Gasteiger partial charge in [0.1, 0.15) is 11.2 Å². The van der Waals surface area contributed by atoms with Crippen LogP contribution in [0.25, 0.3) is 6.01 Å². The number of rotatable bonds is 3. The number of nitrogens with two attached hydrogens (primary N) is 1. The van der Waals surface area contributed by atoms with Crippen LogP contribution in [0.15, 0.2) is 28.0 Å². The Bertz CT molecular complexity index is 598. The molecule has 0 amide bonds. The van der Waals surface area contributed by atoms with Crippen molar-refractivity contribution in [2.75, 3.05) is 6.26 Å². The lowest BCUT2D eigenvalue weighted by molar-refractivity contribution is 0.509. The normalized spacial score (nSPS) is 11.9. The van der Waals surface area contributed by atoms with Crippen molar-refractivity contribution < 1.29 is 12.8 Å². The molecule has 0 atom stereocenters. The zero-order valence-corrected chi connectivity index (χ0v) is 9.31. The molecule has 16 heavy (non-hydrogen) atoms. The van der Waals surface area contributed by atoms with E-state index < -0.39 is 9.84 Å². The lowest BCUT2D eigenvalue weighted by Crippen LogP contribution is -1.99. The standard InChI is InChI=1S/C8H10N4O3S/c1-16(13,14)7-3-10-12(4-7)8-11-6(2-9)5-15-8/h3-5H,2,9H2,1H3. The Balaban J connectivity index is 2.39. The van der Waals surface area contributed by atoms with Gasteiger partial charge in [0.15, 0.2) is 9.84 Å². The van der Waals surface area contributed by atoms with Gasteiger partial charge in [0.25, 0.3) is 0 Å². The van der Waals surface area contributed by atoms with Crippen LogP contribution in [0, 0.1) is 0 Å². The molecule has 0 unspecified atom stereocenters. The minimum Gasteiger partial charge on any atom is -0.430 e. The van der Waals surface area contributed by atoms with Crippen LogP contribution < -0.4 is 5.73 Å². The fraction of sp³-hybridized carbons (Fsp3) is 0.250. The molecule has 0 fully saturated rings. The van der Waals surface area contributed by atoms with Gasteiger partial charge in [-0.2, -0.15) is 14.8 Å². The Morgan fingerprint density at radius 2 is 2.31 bits per heavy atom. The maximum Gasteiger partial charge on any atom is 0.322 e. The summed E-state index contributed by atoms with van der Waals surface area (Å²) in [6.45, 7) is 0.254. The monoisotopic (exact) mass is 242 g/mol. The summed E-state index contributed by atoms with van der Waals surface area (Å²) in [7, 11) is -3.27. The third kappa shape index (κ3) is 1.97. The van der Waals surface area contributed by atoms with Crippen LogP contribution in [-0.2, 0) is 16.4 Å². The van der Waals surface area contributed by atoms with Gasteiger partial charge in [0.2, 0.25) is 0 Å². The molecule has 0 aromatic carbocycles. The Hall–Kier alpha value is -1.67. The van der Waals surface area contributed by atoms with Crippen molar-refractivity contribution in [2.45, 2.75) is 11.4 Å². The Kier molecular flexibility index (Phi) is 2.52. The van der Waals surface area contributed by atoms with Gasteiger partial charge in [-0.05, 0) is 0 Å². The van der Waals surface area contributed by atoms with Gasteiger partial charge in [-0.3, -0.25) is 0 Å². The molecule has 0 saturated heterocycles. The number of nitrogens with zero attached hydrogens (tertiary/aromatic N) is 3. The molecule has 0 aliphatic carbocycles. The minimum atomic E-state index is -3.27. The zero-order chi connectivity index (χ0) is 11.8. The first-order valence-corrected chi connectivity index (χ1v) is 6.29. The van der Waals surface area contributed by atoms with Gasteiger partial charge in [0.05, 0.1) is 18.1 Å². The summed E-state index contributed by atoms with van der Waals surface area (Å²) < 4.78 is 28.8. The highest BCUT2D eigenvalue weighted by Crippen LogP contribution is 2.11. The van der Waals surface area contributed by atoms with E-state index in [4.69, 9.17) is 10.2 Å². The molecule has 2 heterocycles. The van der Waals surface area contributed by atoms with E-state index in [1.54, 1.807) is 0 Å². The first kappa shape index (κ1) is 10.8. The Morgan fingerprint density at radius 1 is 1.56 bits per heavy atom. The molecule has 2 aromatic rings. The molecule has 0 spiro atoms. The number of hydrogen-bond acceptors (Lipinski definition) is 6. The maximum absolute atomic E-state index is 11.2. The largest absolute Gasteiger partial charge is 0.430 e. The van der Waals surface area contributed by atoms with E-state index in [2.05, 4.69) is 10.1 Å². The average molecular weight is 242 g/mol. The first-order chi connectivity index (χ1) is 7.50. The van der Waals surface area contributed by atoms with E-state index >= 15 is 0 Å². The van der Waals surface area contributed by atoms with Crippen LogP contribution >= 0.6 is 0 Å². The van der Waals surface area contributed by atoms with Crippen LogP contribution in [-0.4, -0.2) is 29.4 Å². The summed E-state index contributed by atoms with van der Waals surface area (Å²) in [6, 6.07) is 0.190. The van der Waals surface area contributed by atoms with Crippen molar-refractivity contribution in [1.29, 1.82) is 0 Å². The summed E-state index contributed by atoms with van der Waals surface area (Å²) >= 11 is 0. The van der Waals surface area contributed by atoms with Gasteiger partial charge in [-0.1, -0.05) is 0 Å². The summed E-state index contributed by atoms with van der Waals surface area (Å²) in [6.07, 6.45) is 5.08. The molecular weight excluding hydrogens is 232 g/mol. The van der Waals surface area contributed by atoms with Gasteiger partial charge < -0.3 is 10.2 Å². The molecule has 0 aliphatic rings. The number of oxazole rings is 1. The smallest absolute Gasteiger partial charge is 0.322 e. The summed E-state index contributed by atoms with van der Waals surface area (Å²) in [5.41, 5.74) is 5.94. The van der Waals surface area contributed by atoms with Crippen LogP contribution in [0.4, 0.5) is 0 Å². The fourth-order valence-electron chi connectivity index (χ4n) is 1.10. The van der Waals surface area contributed by atoms with E-state index in [0.717, 1.165) is 6.26 Å². The Labute approximate surface area is 91.8 Å². The van der Waals surface area contributed by atoms with E-state index in [0.29, 0.717) is 5.69 Å². The van der Waals surface area contributed by atoms with E-state index in [1.807, 2.05) is 0 Å². The highest BCUT2D eigenvalue weighted by atomic mass is 32.2. The predicted octanol–water partition coefficient (Wildman–Crippen LogP) is -0.277. The molecule has 2 aromatic heterocycles. The van der Waals surface area contributed by atoms with Gasteiger partial charge >= 0.3 is 6.01 Å². The van der Waals surface area contributed by atoms with Crippen LogP contribution in [0.2, 0.25) is 0 Å². The van der Waals surface area contributed by atoms with Gasteiger partial charge in [-0.15, -0.1) is 0 Å². The minimum absolute atomic E-state index is 0.111. The van der Waals surface area contributed by atoms with Crippen molar-refractivity contribution >= 4 is 9.84 Å². The molecule has 2 rings (SSSR count). The van der Waals surface area contributed by atoms with Gasteiger partial charge in [-0.25, -0.2) is 8.42 Å². The van der Waals surface area contributed by atoms with E-state index in [9.17, 15) is 8.42 Å². The second kappa shape index (κ2) is 3.72. The average Bonchev–Trinajstić information content (AvgIpc) is 2.85. The van der Waals surface area contributed by atoms with E-state index in [1.165, 1.54) is 23.3 Å². The zero-order valence-electron chi connectivity index (χ0n) is 8.49. The second-order valence-corrected chi connectivity index (χ2v) is 5.23. The molecule has 86 valence electrons. The number of hydrogen-bond donors (Lipinski definition) is 1.